The van der Waals surface area contributed by atoms with Crippen LogP contribution >= 0.6 is 0 Å². The Morgan fingerprint density at radius 2 is 1.81 bits per heavy atom. The minimum atomic E-state index is 0.668. The summed E-state index contributed by atoms with van der Waals surface area (Å²) in [5.41, 5.74) is 4.07. The van der Waals surface area contributed by atoms with Gasteiger partial charge in [-0.1, -0.05) is 42.5 Å². The lowest BCUT2D eigenvalue weighted by Crippen LogP contribution is -2.49. The van der Waals surface area contributed by atoms with Crippen LogP contribution in [0.25, 0.3) is 11.0 Å². The Morgan fingerprint density at radius 3 is 2.73 bits per heavy atom. The van der Waals surface area contributed by atoms with Crippen LogP contribution in [0.2, 0.25) is 0 Å². The van der Waals surface area contributed by atoms with Crippen molar-refractivity contribution in [3.05, 3.63) is 71.5 Å². The van der Waals surface area contributed by atoms with Gasteiger partial charge in [-0.05, 0) is 49.1 Å². The third-order valence-corrected chi connectivity index (χ3v) is 6.01. The molecule has 134 valence electrons. The zero-order chi connectivity index (χ0) is 17.3. The fraction of sp³-hybridized carbons (Fsp3) is 0.391. The molecule has 0 N–H and O–H groups in total. The lowest BCUT2D eigenvalue weighted by molar-refractivity contribution is 0.0805. The number of benzene rings is 2. The van der Waals surface area contributed by atoms with E-state index in [0.717, 1.165) is 31.0 Å². The Labute approximate surface area is 155 Å². The third-order valence-electron chi connectivity index (χ3n) is 6.01. The molecule has 3 heterocycles. The van der Waals surface area contributed by atoms with E-state index in [1.807, 2.05) is 6.07 Å². The second-order valence-electron chi connectivity index (χ2n) is 7.77. The number of furan rings is 1. The number of hydrogen-bond acceptors (Lipinski definition) is 3. The molecule has 2 aliphatic rings. The van der Waals surface area contributed by atoms with E-state index in [1.54, 1.807) is 5.56 Å². The van der Waals surface area contributed by atoms with Gasteiger partial charge < -0.3 is 4.42 Å². The molecule has 3 nitrogen and oxygen atoms in total. The van der Waals surface area contributed by atoms with Gasteiger partial charge in [-0.15, -0.1) is 0 Å². The van der Waals surface area contributed by atoms with E-state index in [1.165, 1.54) is 43.3 Å². The third kappa shape index (κ3) is 3.17. The lowest BCUT2D eigenvalue weighted by atomic mass is 9.96. The van der Waals surface area contributed by atoms with Gasteiger partial charge in [0.15, 0.2) is 0 Å². The first-order valence-electron chi connectivity index (χ1n) is 9.86. The first-order chi connectivity index (χ1) is 12.8. The van der Waals surface area contributed by atoms with E-state index in [0.29, 0.717) is 6.04 Å². The molecule has 1 fully saturated rings. The summed E-state index contributed by atoms with van der Waals surface area (Å²) in [5.74, 6) is 1.09. The molecule has 1 aromatic heterocycles. The Hall–Kier alpha value is -2.10. The summed E-state index contributed by atoms with van der Waals surface area (Å²) < 4.78 is 6.04. The summed E-state index contributed by atoms with van der Waals surface area (Å²) in [5, 5.41) is 1.21. The van der Waals surface area contributed by atoms with Crippen LogP contribution in [0.3, 0.4) is 0 Å². The van der Waals surface area contributed by atoms with Crippen molar-refractivity contribution in [1.29, 1.82) is 0 Å². The average molecular weight is 346 g/mol. The summed E-state index contributed by atoms with van der Waals surface area (Å²) >= 11 is 0. The zero-order valence-electron chi connectivity index (χ0n) is 15.2. The van der Waals surface area contributed by atoms with Crippen molar-refractivity contribution < 1.29 is 4.42 Å². The van der Waals surface area contributed by atoms with Crippen molar-refractivity contribution in [1.82, 2.24) is 9.80 Å². The van der Waals surface area contributed by atoms with Crippen LogP contribution in [0, 0.1) is 0 Å². The number of para-hydroxylation sites is 1. The number of rotatable bonds is 3. The van der Waals surface area contributed by atoms with Crippen LogP contribution in [-0.2, 0) is 19.5 Å². The maximum atomic E-state index is 6.04. The molecule has 3 aromatic rings. The number of nitrogens with zero attached hydrogens (tertiary/aromatic N) is 2. The van der Waals surface area contributed by atoms with Crippen molar-refractivity contribution in [2.45, 2.75) is 38.4 Å². The van der Waals surface area contributed by atoms with E-state index < -0.39 is 0 Å². The number of likely N-dealkylation sites (tertiary alicyclic amines) is 1. The standard InChI is InChI=1S/C23H26N2O/c1-2-8-20-15-25(13-11-18(20)6-1)21-9-5-12-24(16-21)17-22-14-19-7-3-4-10-23(19)26-22/h1-4,6-8,10,14,21H,5,9,11-13,15-17H2. The maximum Gasteiger partial charge on any atom is 0.134 e. The minimum Gasteiger partial charge on any atom is -0.460 e. The van der Waals surface area contributed by atoms with E-state index in [-0.39, 0.29) is 0 Å². The van der Waals surface area contributed by atoms with Crippen molar-refractivity contribution >= 4 is 11.0 Å². The maximum absolute atomic E-state index is 6.04. The summed E-state index contributed by atoms with van der Waals surface area (Å²) in [4.78, 5) is 5.28. The van der Waals surface area contributed by atoms with Crippen molar-refractivity contribution in [3.63, 3.8) is 0 Å². The van der Waals surface area contributed by atoms with Gasteiger partial charge in [0, 0.05) is 31.1 Å². The van der Waals surface area contributed by atoms with Gasteiger partial charge in [-0.2, -0.15) is 0 Å². The molecule has 0 amide bonds. The molecule has 0 spiro atoms. The van der Waals surface area contributed by atoms with Gasteiger partial charge in [0.1, 0.15) is 11.3 Å². The Morgan fingerprint density at radius 1 is 0.962 bits per heavy atom. The quantitative estimate of drug-likeness (QED) is 0.698. The molecule has 0 bridgehead atoms. The van der Waals surface area contributed by atoms with Crippen LogP contribution in [0.1, 0.15) is 29.7 Å². The Balaban J connectivity index is 1.26. The molecule has 0 radical (unpaired) electrons. The van der Waals surface area contributed by atoms with E-state index in [9.17, 15) is 0 Å². The average Bonchev–Trinajstić information content (AvgIpc) is 3.10. The van der Waals surface area contributed by atoms with Crippen molar-refractivity contribution in [2.24, 2.45) is 0 Å². The predicted octanol–water partition coefficient (Wildman–Crippen LogP) is 4.46. The van der Waals surface area contributed by atoms with Crippen LogP contribution in [0.4, 0.5) is 0 Å². The molecule has 5 rings (SSSR count). The molecule has 0 aliphatic carbocycles. The highest BCUT2D eigenvalue weighted by Gasteiger charge is 2.28. The van der Waals surface area contributed by atoms with Crippen LogP contribution < -0.4 is 0 Å². The molecule has 3 heteroatoms. The van der Waals surface area contributed by atoms with Gasteiger partial charge in [-0.3, -0.25) is 9.80 Å². The van der Waals surface area contributed by atoms with E-state index >= 15 is 0 Å². The van der Waals surface area contributed by atoms with E-state index in [2.05, 4.69) is 58.3 Å². The highest BCUT2D eigenvalue weighted by molar-refractivity contribution is 5.77. The molecule has 2 aliphatic heterocycles. The number of hydrogen-bond donors (Lipinski definition) is 0. The first kappa shape index (κ1) is 16.1. The molecule has 1 atom stereocenters. The Bertz CT molecular complexity index is 867. The molecular weight excluding hydrogens is 320 g/mol. The molecule has 2 aromatic carbocycles. The summed E-state index contributed by atoms with van der Waals surface area (Å²) in [6.07, 6.45) is 3.79. The Kier molecular flexibility index (Phi) is 4.27. The molecule has 0 saturated carbocycles. The van der Waals surface area contributed by atoms with E-state index in [4.69, 9.17) is 4.42 Å². The minimum absolute atomic E-state index is 0.668. The monoisotopic (exact) mass is 346 g/mol. The smallest absolute Gasteiger partial charge is 0.134 e. The van der Waals surface area contributed by atoms with Gasteiger partial charge in [-0.25, -0.2) is 0 Å². The summed E-state index contributed by atoms with van der Waals surface area (Å²) in [6, 6.07) is 20.1. The topological polar surface area (TPSA) is 19.6 Å². The largest absolute Gasteiger partial charge is 0.460 e. The SMILES string of the molecule is c1ccc2c(c1)CCN(C1CCCN(Cc3cc4ccccc4o3)C1)C2. The fourth-order valence-electron chi connectivity index (χ4n) is 4.64. The van der Waals surface area contributed by atoms with Crippen molar-refractivity contribution in [2.75, 3.05) is 19.6 Å². The molecule has 1 saturated heterocycles. The highest BCUT2D eigenvalue weighted by Crippen LogP contribution is 2.26. The van der Waals surface area contributed by atoms with Gasteiger partial charge in [0.05, 0.1) is 6.54 Å². The van der Waals surface area contributed by atoms with Crippen LogP contribution in [0.5, 0.6) is 0 Å². The predicted molar refractivity (Wildman–Crippen MR) is 105 cm³/mol. The van der Waals surface area contributed by atoms with Gasteiger partial charge >= 0.3 is 0 Å². The van der Waals surface area contributed by atoms with Gasteiger partial charge in [0.2, 0.25) is 0 Å². The summed E-state index contributed by atoms with van der Waals surface area (Å²) in [6.45, 7) is 5.56. The second kappa shape index (κ2) is 6.90. The van der Waals surface area contributed by atoms with Crippen LogP contribution in [-0.4, -0.2) is 35.5 Å². The normalized spacial score (nSPS) is 21.8. The fourth-order valence-corrected chi connectivity index (χ4v) is 4.64. The zero-order valence-corrected chi connectivity index (χ0v) is 15.2. The second-order valence-corrected chi connectivity index (χ2v) is 7.77. The molecule has 26 heavy (non-hydrogen) atoms. The molecule has 1 unspecified atom stereocenters. The van der Waals surface area contributed by atoms with Crippen LogP contribution in [0.15, 0.2) is 59.0 Å². The number of piperidine rings is 1. The first-order valence-corrected chi connectivity index (χ1v) is 9.86. The van der Waals surface area contributed by atoms with Crippen molar-refractivity contribution in [3.8, 4) is 0 Å². The lowest BCUT2D eigenvalue weighted by Gasteiger charge is -2.41. The number of fused-ring (bicyclic) bond motifs is 2. The highest BCUT2D eigenvalue weighted by atomic mass is 16.3. The molecular formula is C23H26N2O. The van der Waals surface area contributed by atoms with Gasteiger partial charge in [0.25, 0.3) is 0 Å². The summed E-state index contributed by atoms with van der Waals surface area (Å²) in [7, 11) is 0.